The number of nitrogens with zero attached hydrogens (tertiary/aromatic N) is 2. The number of hydrogen-bond donors (Lipinski definition) is 0. The van der Waals surface area contributed by atoms with E-state index in [1.807, 2.05) is 16.8 Å². The third-order valence-corrected chi connectivity index (χ3v) is 3.17. The van der Waals surface area contributed by atoms with Gasteiger partial charge in [0, 0.05) is 32.4 Å². The fourth-order valence-corrected chi connectivity index (χ4v) is 2.11. The number of carbonyl (C=O) groups is 1. The molecule has 2 amide bonds. The Morgan fingerprint density at radius 1 is 1.36 bits per heavy atom. The monoisotopic (exact) mass is 216 g/mol. The molecule has 3 nitrogen and oxygen atoms in total. The highest BCUT2D eigenvalue weighted by Gasteiger charge is 2.19. The zero-order valence-corrected chi connectivity index (χ0v) is 9.98. The first kappa shape index (κ1) is 11.7. The molecule has 0 aromatic heterocycles. The summed E-state index contributed by atoms with van der Waals surface area (Å²) in [6.07, 6.45) is 5.68. The van der Waals surface area contributed by atoms with Crippen LogP contribution in [-0.2, 0) is 0 Å². The predicted molar refractivity (Wildman–Crippen MR) is 61.8 cm³/mol. The van der Waals surface area contributed by atoms with Crippen LogP contribution < -0.4 is 0 Å². The van der Waals surface area contributed by atoms with Crippen molar-refractivity contribution in [2.45, 2.75) is 19.3 Å². The van der Waals surface area contributed by atoms with Crippen LogP contribution >= 0.6 is 11.8 Å². The van der Waals surface area contributed by atoms with Crippen LogP contribution in [0.4, 0.5) is 4.79 Å². The van der Waals surface area contributed by atoms with Gasteiger partial charge in [0.15, 0.2) is 0 Å². The molecule has 0 radical (unpaired) electrons. The molecule has 1 fully saturated rings. The molecule has 0 bridgehead atoms. The Kier molecular flexibility index (Phi) is 5.15. The molecule has 0 saturated carbocycles. The van der Waals surface area contributed by atoms with Crippen molar-refractivity contribution in [2.24, 2.45) is 0 Å². The van der Waals surface area contributed by atoms with E-state index >= 15 is 0 Å². The highest BCUT2D eigenvalue weighted by Crippen LogP contribution is 2.10. The van der Waals surface area contributed by atoms with Crippen LogP contribution in [0.15, 0.2) is 0 Å². The molecule has 14 heavy (non-hydrogen) atoms. The fraction of sp³-hybridized carbons (Fsp3) is 0.900. The molecule has 1 rings (SSSR count). The van der Waals surface area contributed by atoms with E-state index in [-0.39, 0.29) is 6.03 Å². The molecule has 82 valence electrons. The van der Waals surface area contributed by atoms with Gasteiger partial charge in [-0.2, -0.15) is 11.8 Å². The smallest absolute Gasteiger partial charge is 0.319 e. The molecular weight excluding hydrogens is 196 g/mol. The molecule has 0 aromatic carbocycles. The second kappa shape index (κ2) is 6.17. The normalized spacial score (nSPS) is 16.9. The minimum atomic E-state index is 0.207. The Morgan fingerprint density at radius 2 is 2.00 bits per heavy atom. The van der Waals surface area contributed by atoms with Gasteiger partial charge in [0.25, 0.3) is 0 Å². The van der Waals surface area contributed by atoms with E-state index in [1.165, 1.54) is 19.3 Å². The molecule has 0 N–H and O–H groups in total. The Bertz CT molecular complexity index is 181. The first-order chi connectivity index (χ1) is 6.75. The number of hydrogen-bond acceptors (Lipinski definition) is 2. The van der Waals surface area contributed by atoms with Gasteiger partial charge in [0.1, 0.15) is 0 Å². The lowest BCUT2D eigenvalue weighted by Gasteiger charge is -2.30. The maximum Gasteiger partial charge on any atom is 0.319 e. The van der Waals surface area contributed by atoms with Gasteiger partial charge in [-0.3, -0.25) is 0 Å². The van der Waals surface area contributed by atoms with E-state index in [0.29, 0.717) is 0 Å². The van der Waals surface area contributed by atoms with E-state index in [0.717, 1.165) is 25.4 Å². The van der Waals surface area contributed by atoms with Crippen LogP contribution in [0.2, 0.25) is 0 Å². The molecular formula is C10H20N2OS. The van der Waals surface area contributed by atoms with E-state index < -0.39 is 0 Å². The predicted octanol–water partition coefficient (Wildman–Crippen LogP) is 1.89. The number of thioether (sulfide) groups is 1. The van der Waals surface area contributed by atoms with Gasteiger partial charge in [-0.1, -0.05) is 0 Å². The zero-order valence-electron chi connectivity index (χ0n) is 9.16. The lowest BCUT2D eigenvalue weighted by molar-refractivity contribution is 0.155. The topological polar surface area (TPSA) is 23.6 Å². The summed E-state index contributed by atoms with van der Waals surface area (Å²) < 4.78 is 0. The van der Waals surface area contributed by atoms with Crippen molar-refractivity contribution in [3.05, 3.63) is 0 Å². The van der Waals surface area contributed by atoms with Crippen LogP contribution in [-0.4, -0.2) is 54.5 Å². The van der Waals surface area contributed by atoms with Crippen molar-refractivity contribution in [1.29, 1.82) is 0 Å². The lowest BCUT2D eigenvalue weighted by atomic mass is 10.1. The summed E-state index contributed by atoms with van der Waals surface area (Å²) in [6, 6.07) is 0.207. The molecule has 0 unspecified atom stereocenters. The van der Waals surface area contributed by atoms with Crippen LogP contribution in [0.1, 0.15) is 19.3 Å². The number of likely N-dealkylation sites (tertiary alicyclic amines) is 1. The Morgan fingerprint density at radius 3 is 2.57 bits per heavy atom. The Labute approximate surface area is 90.8 Å². The van der Waals surface area contributed by atoms with Crippen molar-refractivity contribution in [1.82, 2.24) is 9.80 Å². The summed E-state index contributed by atoms with van der Waals surface area (Å²) >= 11 is 1.78. The maximum atomic E-state index is 11.8. The molecule has 1 aliphatic rings. The van der Waals surface area contributed by atoms with Crippen LogP contribution in [0.5, 0.6) is 0 Å². The Hall–Kier alpha value is -0.380. The van der Waals surface area contributed by atoms with Crippen LogP contribution in [0.25, 0.3) is 0 Å². The Balaban J connectivity index is 2.30. The molecule has 0 aliphatic carbocycles. The van der Waals surface area contributed by atoms with E-state index in [1.54, 1.807) is 11.8 Å². The molecule has 4 heteroatoms. The number of piperidine rings is 1. The van der Waals surface area contributed by atoms with Gasteiger partial charge in [0.2, 0.25) is 0 Å². The number of rotatable bonds is 3. The first-order valence-electron chi connectivity index (χ1n) is 5.24. The molecule has 0 aromatic rings. The fourth-order valence-electron chi connectivity index (χ4n) is 1.65. The quantitative estimate of drug-likeness (QED) is 0.719. The number of amides is 2. The third kappa shape index (κ3) is 3.40. The zero-order chi connectivity index (χ0) is 10.4. The summed E-state index contributed by atoms with van der Waals surface area (Å²) in [4.78, 5) is 15.7. The lowest BCUT2D eigenvalue weighted by Crippen LogP contribution is -2.44. The van der Waals surface area contributed by atoms with Crippen molar-refractivity contribution < 1.29 is 4.79 Å². The van der Waals surface area contributed by atoms with E-state index in [2.05, 4.69) is 6.26 Å². The molecule has 1 saturated heterocycles. The van der Waals surface area contributed by atoms with Gasteiger partial charge < -0.3 is 9.80 Å². The molecule has 1 heterocycles. The average Bonchev–Trinajstić information content (AvgIpc) is 2.26. The second-order valence-corrected chi connectivity index (χ2v) is 4.73. The SMILES string of the molecule is CSCCN(C)C(=O)N1CCCCC1. The van der Waals surface area contributed by atoms with Gasteiger partial charge in [0.05, 0.1) is 0 Å². The molecule has 0 atom stereocenters. The van der Waals surface area contributed by atoms with Crippen molar-refractivity contribution >= 4 is 17.8 Å². The van der Waals surface area contributed by atoms with Gasteiger partial charge in [-0.25, -0.2) is 4.79 Å². The molecule has 1 aliphatic heterocycles. The van der Waals surface area contributed by atoms with Crippen molar-refractivity contribution in [2.75, 3.05) is 38.7 Å². The summed E-state index contributed by atoms with van der Waals surface area (Å²) in [7, 11) is 1.90. The van der Waals surface area contributed by atoms with Crippen molar-refractivity contribution in [3.8, 4) is 0 Å². The average molecular weight is 216 g/mol. The summed E-state index contributed by atoms with van der Waals surface area (Å²) in [5.41, 5.74) is 0. The second-order valence-electron chi connectivity index (χ2n) is 3.74. The third-order valence-electron chi connectivity index (χ3n) is 2.58. The van der Waals surface area contributed by atoms with Gasteiger partial charge >= 0.3 is 6.03 Å². The number of carbonyl (C=O) groups excluding carboxylic acids is 1. The summed E-state index contributed by atoms with van der Waals surface area (Å²) in [6.45, 7) is 2.75. The van der Waals surface area contributed by atoms with Crippen LogP contribution in [0.3, 0.4) is 0 Å². The van der Waals surface area contributed by atoms with Crippen molar-refractivity contribution in [3.63, 3.8) is 0 Å². The van der Waals surface area contributed by atoms with Gasteiger partial charge in [-0.05, 0) is 25.5 Å². The van der Waals surface area contributed by atoms with E-state index in [4.69, 9.17) is 0 Å². The summed E-state index contributed by atoms with van der Waals surface area (Å²) in [5.74, 6) is 1.02. The minimum Gasteiger partial charge on any atom is -0.327 e. The largest absolute Gasteiger partial charge is 0.327 e. The van der Waals surface area contributed by atoms with E-state index in [9.17, 15) is 4.79 Å². The first-order valence-corrected chi connectivity index (χ1v) is 6.64. The summed E-state index contributed by atoms with van der Waals surface area (Å²) in [5, 5.41) is 0. The molecule has 0 spiro atoms. The highest BCUT2D eigenvalue weighted by molar-refractivity contribution is 7.98. The standard InChI is InChI=1S/C10H20N2OS/c1-11(8-9-14-2)10(13)12-6-4-3-5-7-12/h3-9H2,1-2H3. The minimum absolute atomic E-state index is 0.207. The van der Waals surface area contributed by atoms with Gasteiger partial charge in [-0.15, -0.1) is 0 Å². The van der Waals surface area contributed by atoms with Crippen LogP contribution in [0, 0.1) is 0 Å². The number of urea groups is 1. The highest BCUT2D eigenvalue weighted by atomic mass is 32.2. The maximum absolute atomic E-state index is 11.8.